The molecule has 2 radical (unpaired) electrons. The molecule has 0 aromatic heterocycles. The third-order valence-corrected chi connectivity index (χ3v) is 3.86. The molecule has 1 aliphatic rings. The van der Waals surface area contributed by atoms with Crippen molar-refractivity contribution in [2.24, 2.45) is 5.92 Å². The van der Waals surface area contributed by atoms with Gasteiger partial charge in [-0.25, -0.2) is 0 Å². The summed E-state index contributed by atoms with van der Waals surface area (Å²) < 4.78 is 12.1. The molecule has 2 aromatic rings. The minimum atomic E-state index is -0.0357. The number of hydrogen-bond donors (Lipinski definition) is 0. The third kappa shape index (κ3) is 6.10. The van der Waals surface area contributed by atoms with E-state index in [0.717, 1.165) is 0 Å². The van der Waals surface area contributed by atoms with Crippen LogP contribution in [0.3, 0.4) is 0 Å². The van der Waals surface area contributed by atoms with Gasteiger partial charge in [0.2, 0.25) is 0 Å². The van der Waals surface area contributed by atoms with E-state index in [9.17, 15) is 0 Å². The van der Waals surface area contributed by atoms with Crippen LogP contribution in [0.4, 0.5) is 0 Å². The Morgan fingerprint density at radius 2 is 1.25 bits per heavy atom. The standard InChI is InChI=1S/C20H21O2.BrH.Hg/c1-16-12-13-19(21-14-17-8-4-2-5-9-17)20(16)22-15-18-10-6-3-7-11-18;;/h2-13,16,19-20H,1,14-15H2;1H;/q;;+1/p-1/t16-,19+,20-;;/m1../s1. The summed E-state index contributed by atoms with van der Waals surface area (Å²) in [5.41, 5.74) is 2.34. The zero-order valence-electron chi connectivity index (χ0n) is 13.7. The molecule has 0 saturated heterocycles. The van der Waals surface area contributed by atoms with E-state index in [0.29, 0.717) is 13.2 Å². The van der Waals surface area contributed by atoms with Gasteiger partial charge in [0.05, 0.1) is 19.3 Å². The molecular formula is C20H21BrHgO2. The Kier molecular flexibility index (Phi) is 10.1. The second kappa shape index (κ2) is 11.2. The largest absolute Gasteiger partial charge is 1.00 e. The molecule has 122 valence electrons. The van der Waals surface area contributed by atoms with Crippen LogP contribution in [0.15, 0.2) is 72.8 Å². The van der Waals surface area contributed by atoms with Crippen LogP contribution >= 0.6 is 0 Å². The van der Waals surface area contributed by atoms with Crippen molar-refractivity contribution in [3.63, 3.8) is 0 Å². The summed E-state index contributed by atoms with van der Waals surface area (Å²) in [5, 5.41) is 0. The maximum Gasteiger partial charge on any atom is 1.00 e. The number of benzene rings is 2. The predicted molar refractivity (Wildman–Crippen MR) is 88.0 cm³/mol. The zero-order valence-corrected chi connectivity index (χ0v) is 20.8. The summed E-state index contributed by atoms with van der Waals surface area (Å²) in [7, 11) is 0. The smallest absolute Gasteiger partial charge is 1.00 e. The maximum absolute atomic E-state index is 6.05. The molecule has 2 aromatic carbocycles. The zero-order chi connectivity index (χ0) is 15.2. The second-order valence-corrected chi connectivity index (χ2v) is 5.57. The fourth-order valence-electron chi connectivity index (χ4n) is 2.62. The van der Waals surface area contributed by atoms with E-state index in [1.54, 1.807) is 0 Å². The van der Waals surface area contributed by atoms with Gasteiger partial charge in [-0.3, -0.25) is 0 Å². The van der Waals surface area contributed by atoms with E-state index < -0.39 is 0 Å². The van der Waals surface area contributed by atoms with Crippen molar-refractivity contribution in [1.82, 2.24) is 0 Å². The van der Waals surface area contributed by atoms with Gasteiger partial charge in [0.15, 0.2) is 0 Å². The first-order chi connectivity index (χ1) is 10.8. The Bertz CT molecular complexity index is 604. The quantitative estimate of drug-likeness (QED) is 0.382. The van der Waals surface area contributed by atoms with Crippen LogP contribution in [-0.2, 0) is 50.4 Å². The Morgan fingerprint density at radius 1 is 0.750 bits per heavy atom. The number of hydrogen-bond acceptors (Lipinski definition) is 2. The van der Waals surface area contributed by atoms with Gasteiger partial charge in [-0.2, -0.15) is 0 Å². The van der Waals surface area contributed by atoms with Crippen molar-refractivity contribution in [3.8, 4) is 0 Å². The summed E-state index contributed by atoms with van der Waals surface area (Å²) >= 11 is 0. The van der Waals surface area contributed by atoms with Crippen molar-refractivity contribution < 1.29 is 54.1 Å². The Balaban J connectivity index is 0.00000144. The topological polar surface area (TPSA) is 18.5 Å². The molecule has 0 bridgehead atoms. The summed E-state index contributed by atoms with van der Waals surface area (Å²) in [6.45, 7) is 5.32. The summed E-state index contributed by atoms with van der Waals surface area (Å²) in [5.74, 6) is 0.129. The molecule has 1 aliphatic carbocycles. The summed E-state index contributed by atoms with van der Waals surface area (Å²) in [6.07, 6.45) is 4.08. The van der Waals surface area contributed by atoms with E-state index in [-0.39, 0.29) is 62.8 Å². The molecule has 3 rings (SSSR count). The van der Waals surface area contributed by atoms with Crippen molar-refractivity contribution in [2.75, 3.05) is 0 Å². The van der Waals surface area contributed by atoms with E-state index in [1.165, 1.54) is 11.1 Å². The molecule has 0 amide bonds. The molecule has 2 nitrogen and oxygen atoms in total. The minimum Gasteiger partial charge on any atom is -1.00 e. The molecule has 0 aliphatic heterocycles. The third-order valence-electron chi connectivity index (χ3n) is 3.86. The first-order valence-electron chi connectivity index (χ1n) is 7.65. The van der Waals surface area contributed by atoms with Crippen molar-refractivity contribution in [3.05, 3.63) is 90.9 Å². The monoisotopic (exact) mass is 574 g/mol. The number of ether oxygens (including phenoxy) is 2. The Labute approximate surface area is 175 Å². The fourth-order valence-corrected chi connectivity index (χ4v) is 2.62. The van der Waals surface area contributed by atoms with Gasteiger partial charge in [-0.15, -0.1) is 0 Å². The summed E-state index contributed by atoms with van der Waals surface area (Å²) in [6, 6.07) is 20.4. The molecule has 0 spiro atoms. The van der Waals surface area contributed by atoms with Gasteiger partial charge in [-0.05, 0) is 18.1 Å². The van der Waals surface area contributed by atoms with Crippen LogP contribution in [0.5, 0.6) is 0 Å². The van der Waals surface area contributed by atoms with Crippen LogP contribution in [0.2, 0.25) is 0 Å². The minimum absolute atomic E-state index is 0. The van der Waals surface area contributed by atoms with E-state index >= 15 is 0 Å². The van der Waals surface area contributed by atoms with Gasteiger partial charge >= 0.3 is 27.7 Å². The van der Waals surface area contributed by atoms with Crippen LogP contribution in [-0.4, -0.2) is 12.2 Å². The number of rotatable bonds is 6. The normalized spacial score (nSPS) is 21.8. The number of halogens is 1. The molecule has 0 heterocycles. The molecule has 0 saturated carbocycles. The van der Waals surface area contributed by atoms with Gasteiger partial charge in [0.1, 0.15) is 6.10 Å². The van der Waals surface area contributed by atoms with Crippen LogP contribution in [0.1, 0.15) is 11.1 Å². The Hall–Kier alpha value is -0.485. The van der Waals surface area contributed by atoms with Crippen molar-refractivity contribution in [2.45, 2.75) is 25.4 Å². The average Bonchev–Trinajstić information content (AvgIpc) is 2.93. The molecule has 24 heavy (non-hydrogen) atoms. The van der Waals surface area contributed by atoms with Crippen LogP contribution in [0.25, 0.3) is 0 Å². The van der Waals surface area contributed by atoms with Gasteiger partial charge in [0.25, 0.3) is 0 Å². The van der Waals surface area contributed by atoms with Crippen molar-refractivity contribution in [1.29, 1.82) is 0 Å². The van der Waals surface area contributed by atoms with Crippen molar-refractivity contribution >= 4 is 0 Å². The molecule has 0 fully saturated rings. The first-order valence-corrected chi connectivity index (χ1v) is 7.65. The maximum atomic E-state index is 6.05. The van der Waals surface area contributed by atoms with Crippen LogP contribution in [0, 0.1) is 12.8 Å². The fraction of sp³-hybridized carbons (Fsp3) is 0.250. The van der Waals surface area contributed by atoms with E-state index in [4.69, 9.17) is 9.47 Å². The predicted octanol–water partition coefficient (Wildman–Crippen LogP) is 1.18. The van der Waals surface area contributed by atoms with Gasteiger partial charge in [0, 0.05) is 5.92 Å². The molecule has 0 unspecified atom stereocenters. The molecule has 3 atom stereocenters. The molecule has 4 heteroatoms. The van der Waals surface area contributed by atoms with E-state index in [2.05, 4.69) is 43.3 Å². The van der Waals surface area contributed by atoms with Gasteiger partial charge in [-0.1, -0.05) is 72.8 Å². The van der Waals surface area contributed by atoms with E-state index in [1.807, 2.05) is 36.4 Å². The molecule has 0 N–H and O–H groups in total. The Morgan fingerprint density at radius 3 is 1.79 bits per heavy atom. The van der Waals surface area contributed by atoms with Crippen LogP contribution < -0.4 is 17.0 Å². The molecular weight excluding hydrogens is 553 g/mol. The van der Waals surface area contributed by atoms with Gasteiger partial charge < -0.3 is 26.5 Å². The second-order valence-electron chi connectivity index (χ2n) is 5.57. The first kappa shape index (κ1) is 21.6. The summed E-state index contributed by atoms with van der Waals surface area (Å²) in [4.78, 5) is 0. The SMILES string of the molecule is [Br-].[CH2][C@@H]1C=C[C@H](OCc2ccccc2)[C@@H]1OCc1ccccc1.[Hg+]. The average molecular weight is 574 g/mol.